The van der Waals surface area contributed by atoms with E-state index in [0.717, 1.165) is 41.0 Å². The number of sulfonamides is 1. The van der Waals surface area contributed by atoms with Gasteiger partial charge < -0.3 is 14.9 Å². The molecule has 0 amide bonds. The van der Waals surface area contributed by atoms with Crippen LogP contribution in [0.2, 0.25) is 0 Å². The van der Waals surface area contributed by atoms with Gasteiger partial charge in [-0.1, -0.05) is 53.7 Å². The summed E-state index contributed by atoms with van der Waals surface area (Å²) < 4.78 is 33.3. The zero-order valence-electron chi connectivity index (χ0n) is 20.8. The minimum absolute atomic E-state index is 0.0989. The van der Waals surface area contributed by atoms with E-state index in [1.807, 2.05) is 39.0 Å². The maximum atomic E-state index is 12.5. The van der Waals surface area contributed by atoms with E-state index in [1.54, 1.807) is 0 Å². The van der Waals surface area contributed by atoms with Crippen molar-refractivity contribution < 1.29 is 28.2 Å². The van der Waals surface area contributed by atoms with Gasteiger partial charge in [-0.15, -0.1) is 11.3 Å². The van der Waals surface area contributed by atoms with E-state index in [1.165, 1.54) is 17.4 Å². The van der Waals surface area contributed by atoms with Crippen molar-refractivity contribution in [3.05, 3.63) is 46.3 Å². The van der Waals surface area contributed by atoms with Gasteiger partial charge in [-0.3, -0.25) is 4.79 Å². The minimum Gasteiger partial charge on any atom is -0.491 e. The molecule has 1 aromatic heterocycles. The first-order valence-electron chi connectivity index (χ1n) is 11.6. The molecule has 3 N–H and O–H groups in total. The molecule has 0 aliphatic carbocycles. The molecule has 0 aliphatic rings. The molecule has 1 heterocycles. The Bertz CT molecular complexity index is 1080. The van der Waals surface area contributed by atoms with Crippen molar-refractivity contribution in [2.24, 2.45) is 5.41 Å². The van der Waals surface area contributed by atoms with Crippen molar-refractivity contribution in [3.8, 4) is 5.75 Å². The van der Waals surface area contributed by atoms with Gasteiger partial charge in [-0.2, -0.15) is 4.72 Å². The van der Waals surface area contributed by atoms with Gasteiger partial charge in [0.2, 0.25) is 0 Å². The molecule has 0 saturated heterocycles. The minimum atomic E-state index is -3.90. The molecule has 9 heteroatoms. The van der Waals surface area contributed by atoms with E-state index in [-0.39, 0.29) is 16.2 Å². The number of benzene rings is 1. The standard InChI is InChI=1S/C25H37NO6S2/c1-7-17-14-18(10-11-19(17)32-16-20(27)24(4,5)6)25(8-2,9-3)21-12-13-23(33-21)34(30,31)26-15-22(28)29/h10-14,20,26-27H,7-9,15-16H2,1-6H3,(H,28,29). The van der Waals surface area contributed by atoms with Crippen molar-refractivity contribution in [3.63, 3.8) is 0 Å². The summed E-state index contributed by atoms with van der Waals surface area (Å²) in [5.41, 5.74) is 1.43. The lowest BCUT2D eigenvalue weighted by Gasteiger charge is -2.32. The van der Waals surface area contributed by atoms with E-state index in [9.17, 15) is 18.3 Å². The van der Waals surface area contributed by atoms with E-state index in [4.69, 9.17) is 9.84 Å². The van der Waals surface area contributed by atoms with Crippen LogP contribution in [-0.4, -0.2) is 43.9 Å². The number of aliphatic hydroxyl groups is 1. The summed E-state index contributed by atoms with van der Waals surface area (Å²) in [5, 5.41) is 19.2. The Morgan fingerprint density at radius 1 is 1.12 bits per heavy atom. The van der Waals surface area contributed by atoms with Crippen LogP contribution in [0.15, 0.2) is 34.5 Å². The van der Waals surface area contributed by atoms with Crippen molar-refractivity contribution in [1.82, 2.24) is 4.72 Å². The Balaban J connectivity index is 2.41. The summed E-state index contributed by atoms with van der Waals surface area (Å²) in [6.07, 6.45) is 1.68. The SMILES string of the molecule is CCc1cc(C(CC)(CC)c2ccc(S(=O)(=O)NCC(=O)O)s2)ccc1OCC(O)C(C)(C)C. The number of hydrogen-bond donors (Lipinski definition) is 3. The van der Waals surface area contributed by atoms with Crippen LogP contribution >= 0.6 is 11.3 Å². The smallest absolute Gasteiger partial charge is 0.318 e. The highest BCUT2D eigenvalue weighted by atomic mass is 32.2. The lowest BCUT2D eigenvalue weighted by molar-refractivity contribution is -0.135. The first-order chi connectivity index (χ1) is 15.8. The fourth-order valence-corrected chi connectivity index (χ4v) is 6.49. The predicted octanol–water partition coefficient (Wildman–Crippen LogP) is 4.57. The highest BCUT2D eigenvalue weighted by molar-refractivity contribution is 7.91. The zero-order valence-corrected chi connectivity index (χ0v) is 22.5. The Morgan fingerprint density at radius 3 is 2.29 bits per heavy atom. The van der Waals surface area contributed by atoms with Gasteiger partial charge >= 0.3 is 5.97 Å². The van der Waals surface area contributed by atoms with E-state index in [0.29, 0.717) is 0 Å². The number of nitrogens with one attached hydrogen (secondary N) is 1. The van der Waals surface area contributed by atoms with Crippen molar-refractivity contribution in [2.75, 3.05) is 13.2 Å². The van der Waals surface area contributed by atoms with E-state index >= 15 is 0 Å². The number of aliphatic hydroxyl groups excluding tert-OH is 1. The third-order valence-corrected chi connectivity index (χ3v) is 9.51. The second-order valence-corrected chi connectivity index (χ2v) is 12.6. The van der Waals surface area contributed by atoms with Gasteiger partial charge in [0, 0.05) is 10.3 Å². The molecule has 1 unspecified atom stereocenters. The van der Waals surface area contributed by atoms with Crippen LogP contribution in [0.4, 0.5) is 0 Å². The highest BCUT2D eigenvalue weighted by Crippen LogP contribution is 2.44. The zero-order chi connectivity index (χ0) is 25.7. The number of carbonyl (C=O) groups is 1. The van der Waals surface area contributed by atoms with Gasteiger partial charge in [0.05, 0.1) is 6.10 Å². The van der Waals surface area contributed by atoms with Crippen LogP contribution in [0.5, 0.6) is 5.75 Å². The van der Waals surface area contributed by atoms with Crippen LogP contribution in [0.1, 0.15) is 70.4 Å². The molecule has 1 aromatic carbocycles. The molecule has 7 nitrogen and oxygen atoms in total. The average molecular weight is 512 g/mol. The molecule has 1 atom stereocenters. The van der Waals surface area contributed by atoms with Crippen LogP contribution in [-0.2, 0) is 26.7 Å². The van der Waals surface area contributed by atoms with Gasteiger partial charge in [0.1, 0.15) is 23.1 Å². The molecular weight excluding hydrogens is 474 g/mol. The summed E-state index contributed by atoms with van der Waals surface area (Å²) >= 11 is 1.17. The molecule has 0 saturated carbocycles. The van der Waals surface area contributed by atoms with Crippen LogP contribution < -0.4 is 9.46 Å². The molecular formula is C25H37NO6S2. The fourth-order valence-electron chi connectivity index (χ4n) is 3.81. The molecule has 0 fully saturated rings. The average Bonchev–Trinajstić information content (AvgIpc) is 3.28. The monoisotopic (exact) mass is 511 g/mol. The second-order valence-electron chi connectivity index (χ2n) is 9.50. The number of thiophene rings is 1. The summed E-state index contributed by atoms with van der Waals surface area (Å²) in [6.45, 7) is 11.7. The quantitative estimate of drug-likeness (QED) is 0.385. The molecule has 0 radical (unpaired) electrons. The molecule has 2 aromatic rings. The summed E-state index contributed by atoms with van der Waals surface area (Å²) in [4.78, 5) is 11.7. The fraction of sp³-hybridized carbons (Fsp3) is 0.560. The summed E-state index contributed by atoms with van der Waals surface area (Å²) in [5.74, 6) is -0.496. The normalized spacial score (nSPS) is 13.6. The van der Waals surface area contributed by atoms with Crippen LogP contribution in [0, 0.1) is 5.41 Å². The number of carboxylic acid groups (broad SMARTS) is 1. The summed E-state index contributed by atoms with van der Waals surface area (Å²) in [6, 6.07) is 9.42. The number of rotatable bonds is 12. The van der Waals surface area contributed by atoms with E-state index < -0.39 is 34.1 Å². The Morgan fingerprint density at radius 2 is 1.76 bits per heavy atom. The number of hydrogen-bond acceptors (Lipinski definition) is 6. The number of aryl methyl sites for hydroxylation is 1. The van der Waals surface area contributed by atoms with Gasteiger partial charge in [0.25, 0.3) is 10.0 Å². The topological polar surface area (TPSA) is 113 Å². The van der Waals surface area contributed by atoms with Crippen molar-refractivity contribution in [1.29, 1.82) is 0 Å². The second kappa shape index (κ2) is 11.2. The Hall–Kier alpha value is -1.94. The third kappa shape index (κ3) is 6.38. The molecule has 0 bridgehead atoms. The van der Waals surface area contributed by atoms with Gasteiger partial charge in [-0.25, -0.2) is 8.42 Å². The lowest BCUT2D eigenvalue weighted by atomic mass is 9.74. The maximum Gasteiger partial charge on any atom is 0.318 e. The first kappa shape index (κ1) is 28.3. The van der Waals surface area contributed by atoms with Crippen LogP contribution in [0.3, 0.4) is 0 Å². The van der Waals surface area contributed by atoms with Gasteiger partial charge in [0.15, 0.2) is 0 Å². The predicted molar refractivity (Wildman–Crippen MR) is 135 cm³/mol. The number of aliphatic carboxylic acids is 1. The lowest BCUT2D eigenvalue weighted by Crippen LogP contribution is -2.32. The number of carboxylic acids is 1. The van der Waals surface area contributed by atoms with Crippen molar-refractivity contribution in [2.45, 2.75) is 76.5 Å². The third-order valence-electron chi connectivity index (χ3n) is 6.33. The van der Waals surface area contributed by atoms with Crippen molar-refractivity contribution >= 4 is 27.3 Å². The van der Waals surface area contributed by atoms with E-state index in [2.05, 4.69) is 31.6 Å². The van der Waals surface area contributed by atoms with Gasteiger partial charge in [-0.05, 0) is 54.0 Å². The van der Waals surface area contributed by atoms with Crippen LogP contribution in [0.25, 0.3) is 0 Å². The molecule has 0 aliphatic heterocycles. The molecule has 34 heavy (non-hydrogen) atoms. The molecule has 2 rings (SSSR count). The highest BCUT2D eigenvalue weighted by Gasteiger charge is 2.34. The molecule has 190 valence electrons. The maximum absolute atomic E-state index is 12.5. The Kier molecular flexibility index (Phi) is 9.32. The summed E-state index contributed by atoms with van der Waals surface area (Å²) in [7, 11) is -3.90. The first-order valence-corrected chi connectivity index (χ1v) is 13.9. The largest absolute Gasteiger partial charge is 0.491 e. The molecule has 0 spiro atoms. The Labute approximate surface area is 207 Å². The number of ether oxygens (including phenoxy) is 1.